The summed E-state index contributed by atoms with van der Waals surface area (Å²) in [5.41, 5.74) is 2.55. The average Bonchev–Trinajstić information content (AvgIpc) is 3.12. The van der Waals surface area contributed by atoms with Gasteiger partial charge in [-0.15, -0.1) is 0 Å². The molecule has 0 aliphatic carbocycles. The van der Waals surface area contributed by atoms with Crippen molar-refractivity contribution < 1.29 is 14.3 Å². The van der Waals surface area contributed by atoms with E-state index in [2.05, 4.69) is 48.4 Å². The first-order valence-corrected chi connectivity index (χ1v) is 14.2. The summed E-state index contributed by atoms with van der Waals surface area (Å²) in [7, 11) is 1.76. The van der Waals surface area contributed by atoms with Crippen molar-refractivity contribution in [2.75, 3.05) is 32.8 Å². The number of nitrogens with one attached hydrogen (secondary N) is 2. The number of imidazole rings is 1. The fourth-order valence-corrected chi connectivity index (χ4v) is 6.42. The minimum absolute atomic E-state index is 0.0978. The van der Waals surface area contributed by atoms with Crippen molar-refractivity contribution >= 4 is 22.8 Å². The van der Waals surface area contributed by atoms with E-state index >= 15 is 0 Å². The predicted octanol–water partition coefficient (Wildman–Crippen LogP) is 2.68. The lowest BCUT2D eigenvalue weighted by atomic mass is 9.87. The van der Waals surface area contributed by atoms with Gasteiger partial charge in [0.1, 0.15) is 6.04 Å². The van der Waals surface area contributed by atoms with E-state index in [9.17, 15) is 14.4 Å². The SMILES string of the molecule is Cn1c(=O)n(C2CCC(=O)NC2=O)c2ccc(C3CCN(CC4CCNC(COC(C)(C)C)C4)CC3)cc21. The second-order valence-corrected chi connectivity index (χ2v) is 12.5. The molecule has 208 valence electrons. The van der Waals surface area contributed by atoms with Gasteiger partial charge in [-0.25, -0.2) is 4.79 Å². The lowest BCUT2D eigenvalue weighted by molar-refractivity contribution is -0.135. The fraction of sp³-hybridized carbons (Fsp3) is 0.690. The Bertz CT molecular complexity index is 1230. The molecule has 0 saturated carbocycles. The summed E-state index contributed by atoms with van der Waals surface area (Å²) in [6.07, 6.45) is 5.21. The summed E-state index contributed by atoms with van der Waals surface area (Å²) >= 11 is 0. The minimum Gasteiger partial charge on any atom is -0.374 e. The molecule has 38 heavy (non-hydrogen) atoms. The van der Waals surface area contributed by atoms with Crippen LogP contribution in [0.15, 0.2) is 23.0 Å². The van der Waals surface area contributed by atoms with E-state index in [1.165, 1.54) is 18.4 Å². The molecule has 2 aromatic rings. The molecular formula is C29H43N5O4. The quantitative estimate of drug-likeness (QED) is 0.563. The standard InChI is InChI=1S/C29H43N5O4/c1-29(2,3)38-18-22-15-19(9-12-30-22)17-33-13-10-20(11-14-33)21-5-6-23-25(16-21)32(4)28(37)34(23)24-7-8-26(35)31-27(24)36/h5-6,16,19-20,22,24,30H,7-15,17-18H2,1-4H3,(H,31,35,36). The lowest BCUT2D eigenvalue weighted by Gasteiger charge is -2.38. The van der Waals surface area contributed by atoms with Crippen LogP contribution in [0.4, 0.5) is 0 Å². The molecule has 0 bridgehead atoms. The molecule has 1 aromatic carbocycles. The molecule has 2 amide bonds. The molecule has 2 N–H and O–H groups in total. The molecule has 9 heteroatoms. The number of imide groups is 1. The molecule has 9 nitrogen and oxygen atoms in total. The van der Waals surface area contributed by atoms with E-state index in [4.69, 9.17) is 4.74 Å². The van der Waals surface area contributed by atoms with Crippen LogP contribution in [0, 0.1) is 5.92 Å². The zero-order valence-corrected chi connectivity index (χ0v) is 23.3. The van der Waals surface area contributed by atoms with Crippen LogP contribution in [0.5, 0.6) is 0 Å². The maximum absolute atomic E-state index is 13.1. The van der Waals surface area contributed by atoms with Gasteiger partial charge in [-0.1, -0.05) is 6.07 Å². The zero-order chi connectivity index (χ0) is 27.0. The van der Waals surface area contributed by atoms with Crippen LogP contribution in [0.25, 0.3) is 11.0 Å². The smallest absolute Gasteiger partial charge is 0.329 e. The maximum Gasteiger partial charge on any atom is 0.329 e. The summed E-state index contributed by atoms with van der Waals surface area (Å²) in [5, 5.41) is 6.01. The molecule has 3 aliphatic heterocycles. The summed E-state index contributed by atoms with van der Waals surface area (Å²) in [6, 6.07) is 6.03. The van der Waals surface area contributed by atoms with Gasteiger partial charge in [-0.2, -0.15) is 0 Å². The number of carbonyl (C=O) groups excluding carboxylic acids is 2. The van der Waals surface area contributed by atoms with Crippen LogP contribution in [0.2, 0.25) is 0 Å². The van der Waals surface area contributed by atoms with Crippen LogP contribution in [0.1, 0.15) is 76.8 Å². The Morgan fingerprint density at radius 3 is 2.50 bits per heavy atom. The summed E-state index contributed by atoms with van der Waals surface area (Å²) in [6.45, 7) is 11.5. The number of fused-ring (bicyclic) bond motifs is 1. The molecule has 4 heterocycles. The first-order valence-electron chi connectivity index (χ1n) is 14.2. The van der Waals surface area contributed by atoms with Crippen molar-refractivity contribution in [1.82, 2.24) is 24.7 Å². The highest BCUT2D eigenvalue weighted by atomic mass is 16.5. The van der Waals surface area contributed by atoms with Gasteiger partial charge in [0.15, 0.2) is 0 Å². The highest BCUT2D eigenvalue weighted by Crippen LogP contribution is 2.32. The monoisotopic (exact) mass is 525 g/mol. The summed E-state index contributed by atoms with van der Waals surface area (Å²) < 4.78 is 9.22. The van der Waals surface area contributed by atoms with Crippen LogP contribution in [-0.4, -0.2) is 70.3 Å². The average molecular weight is 526 g/mol. The van der Waals surface area contributed by atoms with Crippen molar-refractivity contribution in [3.8, 4) is 0 Å². The number of amides is 2. The van der Waals surface area contributed by atoms with Crippen molar-refractivity contribution in [2.45, 2.75) is 82.9 Å². The second kappa shape index (κ2) is 10.9. The first-order chi connectivity index (χ1) is 18.1. The number of aromatic nitrogens is 2. The highest BCUT2D eigenvalue weighted by molar-refractivity contribution is 6.00. The van der Waals surface area contributed by atoms with E-state index in [0.717, 1.165) is 56.7 Å². The Morgan fingerprint density at radius 1 is 1.03 bits per heavy atom. The van der Waals surface area contributed by atoms with Gasteiger partial charge in [-0.05, 0) is 102 Å². The number of aryl methyl sites for hydroxylation is 1. The van der Waals surface area contributed by atoms with Crippen LogP contribution < -0.4 is 16.3 Å². The number of likely N-dealkylation sites (tertiary alicyclic amines) is 1. The Morgan fingerprint density at radius 2 is 1.79 bits per heavy atom. The lowest BCUT2D eigenvalue weighted by Crippen LogP contribution is -2.46. The van der Waals surface area contributed by atoms with Gasteiger partial charge < -0.3 is 15.0 Å². The number of hydrogen-bond donors (Lipinski definition) is 2. The number of hydrogen-bond acceptors (Lipinski definition) is 6. The van der Waals surface area contributed by atoms with Crippen LogP contribution in [-0.2, 0) is 21.4 Å². The summed E-state index contributed by atoms with van der Waals surface area (Å²) in [4.78, 5) is 39.8. The number of ether oxygens (including phenoxy) is 1. The number of piperidine rings is 3. The molecule has 0 radical (unpaired) electrons. The topological polar surface area (TPSA) is 97.6 Å². The Kier molecular flexibility index (Phi) is 7.80. The second-order valence-electron chi connectivity index (χ2n) is 12.5. The van der Waals surface area contributed by atoms with Crippen molar-refractivity contribution in [1.29, 1.82) is 0 Å². The van der Waals surface area contributed by atoms with Gasteiger partial charge in [0, 0.05) is 26.1 Å². The zero-order valence-electron chi connectivity index (χ0n) is 23.3. The number of rotatable bonds is 6. The molecule has 3 aliphatic rings. The van der Waals surface area contributed by atoms with Crippen molar-refractivity contribution in [3.63, 3.8) is 0 Å². The van der Waals surface area contributed by atoms with E-state index in [0.29, 0.717) is 24.3 Å². The van der Waals surface area contributed by atoms with Gasteiger partial charge in [0.05, 0.1) is 23.2 Å². The van der Waals surface area contributed by atoms with Crippen LogP contribution >= 0.6 is 0 Å². The van der Waals surface area contributed by atoms with Gasteiger partial charge in [0.25, 0.3) is 0 Å². The number of nitrogens with zero attached hydrogens (tertiary/aromatic N) is 3. The highest BCUT2D eigenvalue weighted by Gasteiger charge is 2.32. The van der Waals surface area contributed by atoms with Gasteiger partial charge >= 0.3 is 5.69 Å². The molecule has 1 aromatic heterocycles. The molecule has 0 spiro atoms. The predicted molar refractivity (Wildman–Crippen MR) is 147 cm³/mol. The van der Waals surface area contributed by atoms with E-state index < -0.39 is 11.9 Å². The van der Waals surface area contributed by atoms with Crippen LogP contribution in [0.3, 0.4) is 0 Å². The molecule has 3 fully saturated rings. The van der Waals surface area contributed by atoms with E-state index in [-0.39, 0.29) is 23.6 Å². The summed E-state index contributed by atoms with van der Waals surface area (Å²) in [5.74, 6) is 0.502. The third-order valence-corrected chi connectivity index (χ3v) is 8.53. The first kappa shape index (κ1) is 27.1. The van der Waals surface area contributed by atoms with Gasteiger partial charge in [0.2, 0.25) is 11.8 Å². The molecular weight excluding hydrogens is 482 g/mol. The Hall–Kier alpha value is -2.49. The van der Waals surface area contributed by atoms with Crippen molar-refractivity contribution in [2.24, 2.45) is 13.0 Å². The molecule has 3 saturated heterocycles. The number of carbonyl (C=O) groups is 2. The normalized spacial score (nSPS) is 26.2. The number of benzene rings is 1. The van der Waals surface area contributed by atoms with E-state index in [1.54, 1.807) is 16.2 Å². The van der Waals surface area contributed by atoms with Crippen molar-refractivity contribution in [3.05, 3.63) is 34.2 Å². The Balaban J connectivity index is 1.20. The molecule has 3 unspecified atom stereocenters. The molecule has 5 rings (SSSR count). The minimum atomic E-state index is -0.646. The third kappa shape index (κ3) is 5.90. The van der Waals surface area contributed by atoms with Gasteiger partial charge in [-0.3, -0.25) is 24.0 Å². The largest absolute Gasteiger partial charge is 0.374 e. The third-order valence-electron chi connectivity index (χ3n) is 8.53. The maximum atomic E-state index is 13.1. The van der Waals surface area contributed by atoms with E-state index in [1.807, 2.05) is 6.07 Å². The fourth-order valence-electron chi connectivity index (χ4n) is 6.42. The molecule has 3 atom stereocenters. The Labute approximate surface area is 224 Å².